The van der Waals surface area contributed by atoms with Gasteiger partial charge in [-0.1, -0.05) is 287 Å². The first kappa shape index (κ1) is 86.1. The number of phosphoric acid groups is 2. The summed E-state index contributed by atoms with van der Waals surface area (Å²) in [5.74, 6) is 0.880. The minimum atomic E-state index is -4.95. The van der Waals surface area contributed by atoms with E-state index in [1.807, 2.05) is 0 Å². The highest BCUT2D eigenvalue weighted by Gasteiger charge is 2.30. The lowest BCUT2D eigenvalue weighted by atomic mass is 9.99. The number of aliphatic hydroxyl groups excluding tert-OH is 1. The highest BCUT2D eigenvalue weighted by Crippen LogP contribution is 2.45. The van der Waals surface area contributed by atoms with Crippen LogP contribution in [0.4, 0.5) is 0 Å². The van der Waals surface area contributed by atoms with Crippen LogP contribution >= 0.6 is 15.6 Å². The van der Waals surface area contributed by atoms with Crippen LogP contribution in [0.1, 0.15) is 338 Å². The molecule has 0 heterocycles. The molecule has 7 atom stereocenters. The van der Waals surface area contributed by atoms with Gasteiger partial charge in [0.1, 0.15) is 19.3 Å². The Labute approximate surface area is 537 Å². The molecule has 19 heteroatoms. The van der Waals surface area contributed by atoms with Gasteiger partial charge in [0.05, 0.1) is 26.4 Å². The summed E-state index contributed by atoms with van der Waals surface area (Å²) >= 11 is 0. The van der Waals surface area contributed by atoms with Gasteiger partial charge in [0.25, 0.3) is 0 Å². The number of rotatable bonds is 66. The number of ether oxygens (including phenoxy) is 4. The van der Waals surface area contributed by atoms with Gasteiger partial charge in [-0.3, -0.25) is 37.3 Å². The number of hydrogen-bond acceptors (Lipinski definition) is 15. The second-order valence-corrected chi connectivity index (χ2v) is 29.3. The maximum atomic E-state index is 13.0. The Kier molecular flexibility index (Phi) is 57.6. The zero-order valence-corrected chi connectivity index (χ0v) is 59.1. The van der Waals surface area contributed by atoms with Crippen molar-refractivity contribution in [2.24, 2.45) is 23.7 Å². The highest BCUT2D eigenvalue weighted by atomic mass is 31.2. The molecule has 0 aromatic carbocycles. The number of hydrogen-bond donors (Lipinski definition) is 3. The van der Waals surface area contributed by atoms with Crippen LogP contribution in [0, 0.1) is 23.7 Å². The first-order valence-electron chi connectivity index (χ1n) is 35.8. The van der Waals surface area contributed by atoms with Gasteiger partial charge in [-0.2, -0.15) is 0 Å². The molecule has 0 aliphatic carbocycles. The van der Waals surface area contributed by atoms with Crippen molar-refractivity contribution in [1.29, 1.82) is 0 Å². The first-order valence-corrected chi connectivity index (χ1v) is 38.8. The Balaban J connectivity index is 5.27. The molecule has 0 aliphatic heterocycles. The third kappa shape index (κ3) is 60.3. The Morgan fingerprint density at radius 2 is 0.545 bits per heavy atom. The minimum absolute atomic E-state index is 0.104. The Bertz CT molecular complexity index is 1750. The Morgan fingerprint density at radius 1 is 0.318 bits per heavy atom. The summed E-state index contributed by atoms with van der Waals surface area (Å²) in [7, 11) is -9.90. The Morgan fingerprint density at radius 3 is 0.807 bits per heavy atom. The number of carbonyl (C=O) groups is 4. The van der Waals surface area contributed by atoms with E-state index in [0.717, 1.165) is 120 Å². The van der Waals surface area contributed by atoms with Crippen LogP contribution in [0.3, 0.4) is 0 Å². The average molecular weight is 1300 g/mol. The van der Waals surface area contributed by atoms with Crippen molar-refractivity contribution < 1.29 is 80.2 Å². The van der Waals surface area contributed by atoms with Gasteiger partial charge in [-0.05, 0) is 49.4 Å². The normalized spacial score (nSPS) is 14.9. The van der Waals surface area contributed by atoms with Crippen LogP contribution in [0.5, 0.6) is 0 Å². The predicted octanol–water partition coefficient (Wildman–Crippen LogP) is 19.3. The molecule has 0 bridgehead atoms. The average Bonchev–Trinajstić information content (AvgIpc) is 3.44. The van der Waals surface area contributed by atoms with Crippen molar-refractivity contribution in [3.8, 4) is 0 Å². The van der Waals surface area contributed by atoms with Crippen molar-refractivity contribution >= 4 is 39.5 Å². The van der Waals surface area contributed by atoms with Crippen LogP contribution in [0.15, 0.2) is 0 Å². The molecule has 88 heavy (non-hydrogen) atoms. The third-order valence-electron chi connectivity index (χ3n) is 16.5. The largest absolute Gasteiger partial charge is 0.472 e. The number of unbranched alkanes of at least 4 members (excludes halogenated alkanes) is 30. The molecule has 0 aliphatic rings. The van der Waals surface area contributed by atoms with E-state index in [2.05, 4.69) is 55.4 Å². The molecule has 0 saturated carbocycles. The summed E-state index contributed by atoms with van der Waals surface area (Å²) in [4.78, 5) is 72.5. The van der Waals surface area contributed by atoms with E-state index in [-0.39, 0.29) is 25.7 Å². The second kappa shape index (κ2) is 58.8. The van der Waals surface area contributed by atoms with E-state index in [4.69, 9.17) is 37.0 Å². The van der Waals surface area contributed by atoms with Gasteiger partial charge in [-0.15, -0.1) is 0 Å². The fourth-order valence-electron chi connectivity index (χ4n) is 10.2. The lowest BCUT2D eigenvalue weighted by Gasteiger charge is -2.21. The maximum absolute atomic E-state index is 13.0. The summed E-state index contributed by atoms with van der Waals surface area (Å²) in [5.41, 5.74) is 0. The molecular weight excluding hydrogens is 1160 g/mol. The highest BCUT2D eigenvalue weighted by molar-refractivity contribution is 7.47. The SMILES string of the molecule is CCC(C)CCCCCCCCCCCCC(=O)O[C@H](COC(=O)CCCCCCCCCCC(C)C)COP(=O)(O)OCC(O)COP(=O)(O)OC[C@@H](COC(=O)CCCCCCCCC(C)CC)OC(=O)CCCCCCCCCCCCC(C)C. The van der Waals surface area contributed by atoms with Gasteiger partial charge in [0, 0.05) is 25.7 Å². The first-order chi connectivity index (χ1) is 42.2. The molecule has 3 N–H and O–H groups in total. The van der Waals surface area contributed by atoms with E-state index in [1.165, 1.54) is 135 Å². The van der Waals surface area contributed by atoms with Crippen LogP contribution in [0.2, 0.25) is 0 Å². The molecule has 522 valence electrons. The van der Waals surface area contributed by atoms with Crippen LogP contribution in [-0.2, 0) is 65.4 Å². The van der Waals surface area contributed by atoms with Crippen LogP contribution in [-0.4, -0.2) is 96.7 Å². The number of phosphoric ester groups is 2. The lowest BCUT2D eigenvalue weighted by molar-refractivity contribution is -0.161. The maximum Gasteiger partial charge on any atom is 0.472 e. The van der Waals surface area contributed by atoms with Gasteiger partial charge < -0.3 is 33.8 Å². The van der Waals surface area contributed by atoms with Crippen molar-refractivity contribution in [3.63, 3.8) is 0 Å². The molecule has 0 rings (SSSR count). The summed E-state index contributed by atoms with van der Waals surface area (Å²) in [6.45, 7) is 14.1. The van der Waals surface area contributed by atoms with Crippen molar-refractivity contribution in [2.45, 2.75) is 356 Å². The predicted molar refractivity (Wildman–Crippen MR) is 354 cm³/mol. The fourth-order valence-corrected chi connectivity index (χ4v) is 11.8. The van der Waals surface area contributed by atoms with Gasteiger partial charge in [0.15, 0.2) is 12.2 Å². The molecule has 0 aromatic rings. The molecule has 0 radical (unpaired) electrons. The van der Waals surface area contributed by atoms with Gasteiger partial charge in [0.2, 0.25) is 0 Å². The second-order valence-electron chi connectivity index (χ2n) is 26.4. The molecule has 5 unspecified atom stereocenters. The van der Waals surface area contributed by atoms with Crippen LogP contribution in [0.25, 0.3) is 0 Å². The fraction of sp³-hybridized carbons (Fsp3) is 0.942. The zero-order valence-electron chi connectivity index (χ0n) is 57.3. The summed E-state index contributed by atoms with van der Waals surface area (Å²) < 4.78 is 68.2. The molecule has 0 amide bonds. The van der Waals surface area contributed by atoms with E-state index in [1.54, 1.807) is 0 Å². The quantitative estimate of drug-likeness (QED) is 0.0222. The zero-order chi connectivity index (χ0) is 65.4. The number of aliphatic hydroxyl groups is 1. The molecule has 0 saturated heterocycles. The monoisotopic (exact) mass is 1300 g/mol. The van der Waals surface area contributed by atoms with Crippen LogP contribution < -0.4 is 0 Å². The standard InChI is InChI=1S/C69H134O17P2/c1-9-61(7)47-39-31-23-16-12-14-18-26-36-44-52-69(74)85-64(55-79-66(71)49-41-33-24-20-19-22-30-38-46-60(5)6)57-83-87(75,76)81-53-63(70)54-82-88(77,78)84-58-65(56-80-67(72)50-42-34-28-27-32-40-48-62(8)10-2)86-68(73)51-43-35-25-17-13-11-15-21-29-37-45-59(3)4/h59-65,70H,9-58H2,1-8H3,(H,75,76)(H,77,78)/t61?,62?,63?,64-,65-/m1/s1. The third-order valence-corrected chi connectivity index (χ3v) is 18.4. The van der Waals surface area contributed by atoms with Crippen molar-refractivity contribution in [2.75, 3.05) is 39.6 Å². The smallest absolute Gasteiger partial charge is 0.462 e. The van der Waals surface area contributed by atoms with E-state index >= 15 is 0 Å². The lowest BCUT2D eigenvalue weighted by Crippen LogP contribution is -2.30. The van der Waals surface area contributed by atoms with Crippen molar-refractivity contribution in [1.82, 2.24) is 0 Å². The van der Waals surface area contributed by atoms with E-state index in [0.29, 0.717) is 25.7 Å². The summed E-state index contributed by atoms with van der Waals surface area (Å²) in [6.07, 6.45) is 40.2. The molecule has 0 fully saturated rings. The number of esters is 4. The van der Waals surface area contributed by atoms with E-state index < -0.39 is 97.5 Å². The number of carbonyl (C=O) groups excluding carboxylic acids is 4. The molecule has 0 aromatic heterocycles. The van der Waals surface area contributed by atoms with Gasteiger partial charge in [-0.25, -0.2) is 9.13 Å². The van der Waals surface area contributed by atoms with Gasteiger partial charge >= 0.3 is 39.5 Å². The van der Waals surface area contributed by atoms with E-state index in [9.17, 15) is 43.2 Å². The minimum Gasteiger partial charge on any atom is -0.462 e. The summed E-state index contributed by atoms with van der Waals surface area (Å²) in [6, 6.07) is 0. The molecule has 0 spiro atoms. The molecular formula is C69H134O17P2. The van der Waals surface area contributed by atoms with Crippen molar-refractivity contribution in [3.05, 3.63) is 0 Å². The molecule has 17 nitrogen and oxygen atoms in total. The summed E-state index contributed by atoms with van der Waals surface area (Å²) in [5, 5.41) is 10.6. The topological polar surface area (TPSA) is 237 Å². The Hall–Kier alpha value is -1.94.